The van der Waals surface area contributed by atoms with Crippen LogP contribution in [-0.2, 0) is 16.0 Å². The standard InChI is InChI=1S/C17H15NO4/c19-14-7-6-11(9-15(14)20)8-12-10-16(21)18(17(12)22)13-4-2-1-3-5-13/h1-7,9,12,19-20H,8,10H2. The van der Waals surface area contributed by atoms with E-state index in [9.17, 15) is 19.8 Å². The van der Waals surface area contributed by atoms with E-state index in [0.717, 1.165) is 0 Å². The van der Waals surface area contributed by atoms with Crippen LogP contribution in [0.3, 0.4) is 0 Å². The largest absolute Gasteiger partial charge is 0.504 e. The van der Waals surface area contributed by atoms with Crippen LogP contribution in [-0.4, -0.2) is 22.0 Å². The Labute approximate surface area is 127 Å². The molecular weight excluding hydrogens is 282 g/mol. The smallest absolute Gasteiger partial charge is 0.237 e. The minimum atomic E-state index is -0.448. The van der Waals surface area contributed by atoms with E-state index in [1.807, 2.05) is 6.07 Å². The number of hydrogen-bond donors (Lipinski definition) is 2. The third kappa shape index (κ3) is 2.53. The van der Waals surface area contributed by atoms with Gasteiger partial charge >= 0.3 is 0 Å². The molecule has 2 aromatic rings. The Bertz CT molecular complexity index is 727. The average Bonchev–Trinajstić information content (AvgIpc) is 2.78. The Kier molecular flexibility index (Phi) is 3.55. The summed E-state index contributed by atoms with van der Waals surface area (Å²) in [5.41, 5.74) is 1.28. The van der Waals surface area contributed by atoms with Gasteiger partial charge in [-0.1, -0.05) is 24.3 Å². The molecule has 0 aromatic heterocycles. The second kappa shape index (κ2) is 5.52. The number of amides is 2. The van der Waals surface area contributed by atoms with Gasteiger partial charge in [-0.25, -0.2) is 0 Å². The monoisotopic (exact) mass is 297 g/mol. The molecule has 0 saturated carbocycles. The summed E-state index contributed by atoms with van der Waals surface area (Å²) in [4.78, 5) is 25.8. The molecule has 1 heterocycles. The molecule has 5 heteroatoms. The fourth-order valence-electron chi connectivity index (χ4n) is 2.68. The van der Waals surface area contributed by atoms with E-state index in [-0.39, 0.29) is 29.7 Å². The van der Waals surface area contributed by atoms with E-state index >= 15 is 0 Å². The van der Waals surface area contributed by atoms with Crippen molar-refractivity contribution in [1.29, 1.82) is 0 Å². The molecule has 1 aliphatic rings. The van der Waals surface area contributed by atoms with Gasteiger partial charge < -0.3 is 10.2 Å². The summed E-state index contributed by atoms with van der Waals surface area (Å²) in [7, 11) is 0. The molecule has 1 saturated heterocycles. The quantitative estimate of drug-likeness (QED) is 0.672. The van der Waals surface area contributed by atoms with Gasteiger partial charge in [0.2, 0.25) is 11.8 Å². The van der Waals surface area contributed by atoms with E-state index in [4.69, 9.17) is 0 Å². The van der Waals surface area contributed by atoms with Crippen molar-refractivity contribution in [3.63, 3.8) is 0 Å². The predicted molar refractivity (Wildman–Crippen MR) is 80.5 cm³/mol. The van der Waals surface area contributed by atoms with Crippen molar-refractivity contribution < 1.29 is 19.8 Å². The first-order valence-electron chi connectivity index (χ1n) is 6.99. The van der Waals surface area contributed by atoms with Crippen LogP contribution >= 0.6 is 0 Å². The van der Waals surface area contributed by atoms with Crippen LogP contribution in [0.4, 0.5) is 5.69 Å². The lowest BCUT2D eigenvalue weighted by Crippen LogP contribution is -2.30. The van der Waals surface area contributed by atoms with Gasteiger partial charge in [-0.3, -0.25) is 14.5 Å². The lowest BCUT2D eigenvalue weighted by molar-refractivity contribution is -0.122. The molecule has 112 valence electrons. The molecule has 5 nitrogen and oxygen atoms in total. The fourth-order valence-corrected chi connectivity index (χ4v) is 2.68. The predicted octanol–water partition coefficient (Wildman–Crippen LogP) is 2.22. The van der Waals surface area contributed by atoms with Crippen molar-refractivity contribution in [1.82, 2.24) is 0 Å². The highest BCUT2D eigenvalue weighted by Gasteiger charge is 2.39. The molecular formula is C17H15NO4. The van der Waals surface area contributed by atoms with E-state index in [1.54, 1.807) is 30.3 Å². The zero-order chi connectivity index (χ0) is 15.7. The van der Waals surface area contributed by atoms with Crippen LogP contribution in [0.15, 0.2) is 48.5 Å². The van der Waals surface area contributed by atoms with Crippen molar-refractivity contribution in [2.24, 2.45) is 5.92 Å². The van der Waals surface area contributed by atoms with Crippen molar-refractivity contribution in [3.8, 4) is 11.5 Å². The Morgan fingerprint density at radius 3 is 2.41 bits per heavy atom. The van der Waals surface area contributed by atoms with Gasteiger partial charge in [0.25, 0.3) is 0 Å². The molecule has 0 bridgehead atoms. The summed E-state index contributed by atoms with van der Waals surface area (Å²) in [5, 5.41) is 18.8. The zero-order valence-corrected chi connectivity index (χ0v) is 11.8. The maximum atomic E-state index is 12.5. The minimum absolute atomic E-state index is 0.148. The third-order valence-electron chi connectivity index (χ3n) is 3.78. The number of carbonyl (C=O) groups excluding carboxylic acids is 2. The number of imide groups is 1. The van der Waals surface area contributed by atoms with Gasteiger partial charge in [-0.15, -0.1) is 0 Å². The zero-order valence-electron chi connectivity index (χ0n) is 11.8. The van der Waals surface area contributed by atoms with Gasteiger partial charge in [-0.2, -0.15) is 0 Å². The number of phenols is 2. The Morgan fingerprint density at radius 2 is 1.73 bits per heavy atom. The summed E-state index contributed by atoms with van der Waals surface area (Å²) < 4.78 is 0. The molecule has 0 spiro atoms. The summed E-state index contributed by atoms with van der Waals surface area (Å²) in [6.07, 6.45) is 0.497. The SMILES string of the molecule is O=C1CC(Cc2ccc(O)c(O)c2)C(=O)N1c1ccccc1. The summed E-state index contributed by atoms with van der Waals surface area (Å²) >= 11 is 0. The average molecular weight is 297 g/mol. The Hall–Kier alpha value is -2.82. The summed E-state index contributed by atoms with van der Waals surface area (Å²) in [6, 6.07) is 13.3. The number of hydrogen-bond acceptors (Lipinski definition) is 4. The number of phenolic OH excluding ortho intramolecular Hbond substituents is 2. The van der Waals surface area contributed by atoms with Gasteiger partial charge in [0, 0.05) is 6.42 Å². The number of benzene rings is 2. The normalized spacial score (nSPS) is 18.0. The highest BCUT2D eigenvalue weighted by atomic mass is 16.3. The van der Waals surface area contributed by atoms with E-state index in [0.29, 0.717) is 17.7 Å². The molecule has 2 aromatic carbocycles. The van der Waals surface area contributed by atoms with Crippen LogP contribution in [0.25, 0.3) is 0 Å². The molecule has 0 aliphatic carbocycles. The van der Waals surface area contributed by atoms with Crippen LogP contribution in [0.2, 0.25) is 0 Å². The van der Waals surface area contributed by atoms with Gasteiger partial charge in [0.15, 0.2) is 11.5 Å². The first-order valence-corrected chi connectivity index (χ1v) is 6.99. The van der Waals surface area contributed by atoms with Gasteiger partial charge in [0.1, 0.15) is 0 Å². The van der Waals surface area contributed by atoms with Crippen molar-refractivity contribution in [2.75, 3.05) is 4.90 Å². The molecule has 2 N–H and O–H groups in total. The van der Waals surface area contributed by atoms with Crippen LogP contribution in [0.1, 0.15) is 12.0 Å². The number of carbonyl (C=O) groups is 2. The first kappa shape index (κ1) is 14.1. The van der Waals surface area contributed by atoms with E-state index < -0.39 is 5.92 Å². The van der Waals surface area contributed by atoms with Crippen LogP contribution in [0.5, 0.6) is 11.5 Å². The maximum absolute atomic E-state index is 12.5. The van der Waals surface area contributed by atoms with E-state index in [1.165, 1.54) is 17.0 Å². The second-order valence-corrected chi connectivity index (χ2v) is 5.33. The number of rotatable bonds is 3. The third-order valence-corrected chi connectivity index (χ3v) is 3.78. The lowest BCUT2D eigenvalue weighted by Gasteiger charge is -2.15. The second-order valence-electron chi connectivity index (χ2n) is 5.33. The van der Waals surface area contributed by atoms with Crippen LogP contribution in [0, 0.1) is 5.92 Å². The molecule has 1 fully saturated rings. The van der Waals surface area contributed by atoms with Crippen LogP contribution < -0.4 is 4.90 Å². The fraction of sp³-hybridized carbons (Fsp3) is 0.176. The Balaban J connectivity index is 1.80. The molecule has 1 atom stereocenters. The molecule has 22 heavy (non-hydrogen) atoms. The summed E-state index contributed by atoms with van der Waals surface area (Å²) in [5.74, 6) is -1.33. The Morgan fingerprint density at radius 1 is 1.00 bits per heavy atom. The molecule has 1 unspecified atom stereocenters. The number of para-hydroxylation sites is 1. The molecule has 1 aliphatic heterocycles. The minimum Gasteiger partial charge on any atom is -0.504 e. The van der Waals surface area contributed by atoms with Crippen molar-refractivity contribution in [3.05, 3.63) is 54.1 Å². The van der Waals surface area contributed by atoms with Gasteiger partial charge in [0.05, 0.1) is 11.6 Å². The topological polar surface area (TPSA) is 77.8 Å². The summed E-state index contributed by atoms with van der Waals surface area (Å²) in [6.45, 7) is 0. The number of aromatic hydroxyl groups is 2. The maximum Gasteiger partial charge on any atom is 0.237 e. The molecule has 2 amide bonds. The molecule has 3 rings (SSSR count). The van der Waals surface area contributed by atoms with Crippen molar-refractivity contribution >= 4 is 17.5 Å². The highest BCUT2D eigenvalue weighted by molar-refractivity contribution is 6.20. The number of anilines is 1. The molecule has 0 radical (unpaired) electrons. The van der Waals surface area contributed by atoms with Crippen molar-refractivity contribution in [2.45, 2.75) is 12.8 Å². The lowest BCUT2D eigenvalue weighted by atomic mass is 9.97. The number of nitrogens with zero attached hydrogens (tertiary/aromatic N) is 1. The van der Waals surface area contributed by atoms with E-state index in [2.05, 4.69) is 0 Å². The van der Waals surface area contributed by atoms with Gasteiger partial charge in [-0.05, 0) is 36.2 Å². The highest BCUT2D eigenvalue weighted by Crippen LogP contribution is 2.31. The first-order chi connectivity index (χ1) is 10.6.